The predicted octanol–water partition coefficient (Wildman–Crippen LogP) is 3.30. The summed E-state index contributed by atoms with van der Waals surface area (Å²) in [4.78, 5) is 4.18. The van der Waals surface area contributed by atoms with E-state index in [9.17, 15) is 0 Å². The van der Waals surface area contributed by atoms with Crippen LogP contribution in [0.5, 0.6) is 0 Å². The van der Waals surface area contributed by atoms with Gasteiger partial charge in [0.15, 0.2) is 0 Å². The second-order valence-corrected chi connectivity index (χ2v) is 5.21. The van der Waals surface area contributed by atoms with Crippen LogP contribution in [0, 0.1) is 0 Å². The van der Waals surface area contributed by atoms with Crippen LogP contribution in [0.15, 0.2) is 36.7 Å². The van der Waals surface area contributed by atoms with E-state index in [-0.39, 0.29) is 6.04 Å². The van der Waals surface area contributed by atoms with Crippen molar-refractivity contribution < 1.29 is 4.39 Å². The zero-order chi connectivity index (χ0) is 12.6. The van der Waals surface area contributed by atoms with Crippen molar-refractivity contribution in [3.63, 3.8) is 0 Å². The molecule has 0 aliphatic heterocycles. The fourth-order valence-electron chi connectivity index (χ4n) is 2.84. The average molecular weight is 244 g/mol. The van der Waals surface area contributed by atoms with Crippen molar-refractivity contribution in [2.75, 3.05) is 0 Å². The molecule has 1 aromatic heterocycles. The Morgan fingerprint density at radius 1 is 1.17 bits per heavy atom. The number of hydrogen-bond donors (Lipinski definition) is 1. The van der Waals surface area contributed by atoms with Crippen LogP contribution >= 0.6 is 0 Å². The van der Waals surface area contributed by atoms with Gasteiger partial charge < -0.3 is 5.73 Å². The monoisotopic (exact) mass is 244 g/mol. The van der Waals surface area contributed by atoms with Gasteiger partial charge in [-0.05, 0) is 31.1 Å². The highest BCUT2D eigenvalue weighted by atomic mass is 19.1. The van der Waals surface area contributed by atoms with Gasteiger partial charge in [0.05, 0.1) is 0 Å². The molecule has 0 unspecified atom stereocenters. The first-order valence-electron chi connectivity index (χ1n) is 6.47. The van der Waals surface area contributed by atoms with Gasteiger partial charge >= 0.3 is 0 Å². The molecule has 2 aromatic rings. The van der Waals surface area contributed by atoms with Gasteiger partial charge in [-0.15, -0.1) is 0 Å². The van der Waals surface area contributed by atoms with E-state index in [1.165, 1.54) is 0 Å². The van der Waals surface area contributed by atoms with E-state index in [4.69, 9.17) is 5.73 Å². The van der Waals surface area contributed by atoms with E-state index in [0.29, 0.717) is 12.8 Å². The Morgan fingerprint density at radius 3 is 2.67 bits per heavy atom. The van der Waals surface area contributed by atoms with Crippen molar-refractivity contribution in [2.24, 2.45) is 5.73 Å². The molecule has 1 aliphatic rings. The third-order valence-electron chi connectivity index (χ3n) is 3.97. The Kier molecular flexibility index (Phi) is 2.78. The Bertz CT molecular complexity index is 554. The zero-order valence-corrected chi connectivity index (χ0v) is 10.3. The number of halogens is 1. The number of fused-ring (bicyclic) bond motifs is 1. The smallest absolute Gasteiger partial charge is 0.138 e. The highest BCUT2D eigenvalue weighted by Gasteiger charge is 2.37. The van der Waals surface area contributed by atoms with Gasteiger partial charge in [-0.3, -0.25) is 4.98 Å². The molecule has 18 heavy (non-hydrogen) atoms. The molecule has 1 fully saturated rings. The van der Waals surface area contributed by atoms with Crippen LogP contribution in [0.2, 0.25) is 0 Å². The lowest BCUT2D eigenvalue weighted by molar-refractivity contribution is 0.0992. The fourth-order valence-corrected chi connectivity index (χ4v) is 2.84. The van der Waals surface area contributed by atoms with E-state index in [2.05, 4.69) is 4.98 Å². The quantitative estimate of drug-likeness (QED) is 0.836. The Labute approximate surface area is 106 Å². The largest absolute Gasteiger partial charge is 0.328 e. The molecule has 0 amide bonds. The molecule has 1 aromatic carbocycles. The molecule has 1 saturated carbocycles. The van der Waals surface area contributed by atoms with Crippen molar-refractivity contribution in [3.05, 3.63) is 42.2 Å². The lowest BCUT2D eigenvalue weighted by atomic mass is 9.78. The van der Waals surface area contributed by atoms with Crippen molar-refractivity contribution in [2.45, 2.75) is 37.4 Å². The van der Waals surface area contributed by atoms with Gasteiger partial charge in [-0.2, -0.15) is 0 Å². The second-order valence-electron chi connectivity index (χ2n) is 5.21. The summed E-state index contributed by atoms with van der Waals surface area (Å²) in [6, 6.07) is 8.00. The first-order chi connectivity index (χ1) is 8.69. The zero-order valence-electron chi connectivity index (χ0n) is 10.3. The van der Waals surface area contributed by atoms with Crippen molar-refractivity contribution in [1.82, 2.24) is 4.98 Å². The minimum Gasteiger partial charge on any atom is -0.328 e. The summed E-state index contributed by atoms with van der Waals surface area (Å²) >= 11 is 0. The maximum atomic E-state index is 15.1. The predicted molar refractivity (Wildman–Crippen MR) is 71.0 cm³/mol. The minimum atomic E-state index is -1.26. The molecule has 1 aliphatic carbocycles. The van der Waals surface area contributed by atoms with Crippen molar-refractivity contribution in [1.29, 1.82) is 0 Å². The van der Waals surface area contributed by atoms with Gasteiger partial charge in [0, 0.05) is 29.4 Å². The molecule has 0 atom stereocenters. The minimum absolute atomic E-state index is 0.150. The Hall–Kier alpha value is -1.48. The number of alkyl halides is 1. The highest BCUT2D eigenvalue weighted by Crippen LogP contribution is 2.42. The van der Waals surface area contributed by atoms with Crippen LogP contribution in [0.3, 0.4) is 0 Å². The van der Waals surface area contributed by atoms with E-state index < -0.39 is 5.67 Å². The molecular formula is C15H17FN2. The first-order valence-corrected chi connectivity index (χ1v) is 6.47. The van der Waals surface area contributed by atoms with E-state index in [1.807, 2.05) is 24.3 Å². The van der Waals surface area contributed by atoms with Crippen LogP contribution in [0.25, 0.3) is 10.8 Å². The third-order valence-corrected chi connectivity index (χ3v) is 3.97. The molecule has 0 saturated heterocycles. The maximum absolute atomic E-state index is 15.1. The van der Waals surface area contributed by atoms with Gasteiger partial charge in [-0.25, -0.2) is 4.39 Å². The molecule has 3 rings (SSSR count). The number of aromatic nitrogens is 1. The summed E-state index contributed by atoms with van der Waals surface area (Å²) in [6.45, 7) is 0. The van der Waals surface area contributed by atoms with Crippen molar-refractivity contribution >= 4 is 10.8 Å². The van der Waals surface area contributed by atoms with Crippen LogP contribution in [0.1, 0.15) is 31.2 Å². The van der Waals surface area contributed by atoms with Crippen LogP contribution < -0.4 is 5.73 Å². The summed E-state index contributed by atoms with van der Waals surface area (Å²) in [5, 5.41) is 1.98. The fraction of sp³-hybridized carbons (Fsp3) is 0.400. The second kappa shape index (κ2) is 4.32. The molecule has 1 heterocycles. The highest BCUT2D eigenvalue weighted by molar-refractivity contribution is 5.85. The van der Waals surface area contributed by atoms with Crippen LogP contribution in [0.4, 0.5) is 4.39 Å². The third kappa shape index (κ3) is 1.89. The standard InChI is InChI=1S/C15H17FN2/c16-15(7-5-12(17)6-8-15)14-10-18-9-11-3-1-2-4-13(11)14/h1-4,9-10,12H,5-8,17H2. The van der Waals surface area contributed by atoms with Crippen LogP contribution in [-0.4, -0.2) is 11.0 Å². The summed E-state index contributed by atoms with van der Waals surface area (Å²) in [5.41, 5.74) is 5.33. The topological polar surface area (TPSA) is 38.9 Å². The lowest BCUT2D eigenvalue weighted by Crippen LogP contribution is -2.34. The molecular weight excluding hydrogens is 227 g/mol. The molecule has 94 valence electrons. The molecule has 0 bridgehead atoms. The average Bonchev–Trinajstić information content (AvgIpc) is 2.42. The normalized spacial score (nSPS) is 28.4. The number of rotatable bonds is 1. The molecule has 2 N–H and O–H groups in total. The first kappa shape index (κ1) is 11.6. The number of benzene rings is 1. The molecule has 0 spiro atoms. The summed E-state index contributed by atoms with van der Waals surface area (Å²) in [7, 11) is 0. The number of pyridine rings is 1. The lowest BCUT2D eigenvalue weighted by Gasteiger charge is -2.33. The number of nitrogens with zero attached hydrogens (tertiary/aromatic N) is 1. The maximum Gasteiger partial charge on any atom is 0.138 e. The van der Waals surface area contributed by atoms with E-state index in [1.54, 1.807) is 12.4 Å². The van der Waals surface area contributed by atoms with Crippen molar-refractivity contribution in [3.8, 4) is 0 Å². The SMILES string of the molecule is NC1CCC(F)(c2cncc3ccccc23)CC1. The Morgan fingerprint density at radius 2 is 1.89 bits per heavy atom. The summed E-state index contributed by atoms with van der Waals surface area (Å²) in [5.74, 6) is 0. The van der Waals surface area contributed by atoms with Crippen LogP contribution in [-0.2, 0) is 5.67 Å². The molecule has 0 radical (unpaired) electrons. The summed E-state index contributed by atoms with van der Waals surface area (Å²) < 4.78 is 15.1. The van der Waals surface area contributed by atoms with Gasteiger partial charge in [0.25, 0.3) is 0 Å². The van der Waals surface area contributed by atoms with E-state index >= 15 is 4.39 Å². The van der Waals surface area contributed by atoms with Gasteiger partial charge in [0.2, 0.25) is 0 Å². The number of hydrogen-bond acceptors (Lipinski definition) is 2. The Balaban J connectivity index is 2.08. The van der Waals surface area contributed by atoms with E-state index in [0.717, 1.165) is 29.2 Å². The van der Waals surface area contributed by atoms with Gasteiger partial charge in [0.1, 0.15) is 5.67 Å². The number of nitrogens with two attached hydrogens (primary N) is 1. The molecule has 3 heteroatoms. The van der Waals surface area contributed by atoms with Gasteiger partial charge in [-0.1, -0.05) is 24.3 Å². The molecule has 2 nitrogen and oxygen atoms in total. The summed E-state index contributed by atoms with van der Waals surface area (Å²) in [6.07, 6.45) is 5.98.